The third-order valence-electron chi connectivity index (χ3n) is 5.98. The van der Waals surface area contributed by atoms with Crippen LogP contribution in [0.25, 0.3) is 0 Å². The van der Waals surface area contributed by atoms with E-state index in [-0.39, 0.29) is 23.7 Å². The molecular weight excluding hydrogens is 471 g/mol. The van der Waals surface area contributed by atoms with Crippen molar-refractivity contribution in [2.45, 2.75) is 18.9 Å². The van der Waals surface area contributed by atoms with E-state index in [9.17, 15) is 23.9 Å². The van der Waals surface area contributed by atoms with Crippen molar-refractivity contribution >= 4 is 12.0 Å². The molecule has 2 atom stereocenters. The lowest BCUT2D eigenvalue weighted by Crippen LogP contribution is -2.47. The minimum atomic E-state index is -0.771. The monoisotopic (exact) mass is 496 g/mol. The van der Waals surface area contributed by atoms with Gasteiger partial charge < -0.3 is 24.8 Å². The van der Waals surface area contributed by atoms with Gasteiger partial charge in [-0.1, -0.05) is 24.3 Å². The van der Waals surface area contributed by atoms with Crippen LogP contribution in [-0.4, -0.2) is 58.7 Å². The van der Waals surface area contributed by atoms with Crippen LogP contribution in [0.4, 0.5) is 9.18 Å². The molecular formula is C25H25FN4O6. The van der Waals surface area contributed by atoms with Gasteiger partial charge in [0.1, 0.15) is 11.6 Å². The molecule has 0 fully saturated rings. The Bertz CT molecular complexity index is 1300. The zero-order valence-corrected chi connectivity index (χ0v) is 19.7. The number of likely N-dealkylation sites (N-methyl/N-ethyl adjacent to an activating group) is 1. The Balaban J connectivity index is 1.88. The summed E-state index contributed by atoms with van der Waals surface area (Å²) in [6.45, 7) is 1.71. The molecule has 1 unspecified atom stereocenters. The fraction of sp³-hybridized carbons (Fsp3) is 0.280. The molecule has 0 saturated heterocycles. The number of nitrogens with one attached hydrogen (secondary N) is 1. The van der Waals surface area contributed by atoms with Gasteiger partial charge in [-0.3, -0.25) is 14.3 Å². The third-order valence-corrected chi connectivity index (χ3v) is 5.98. The number of benzene rings is 2. The van der Waals surface area contributed by atoms with Gasteiger partial charge in [-0.15, -0.1) is 0 Å². The SMILES string of the molecule is CCN1C[C@H](C(c2cccc(O)c2)c2cccc(F)c2)n2ncc(=O)c(OCOC(=O)NC)c2C1=O. The largest absolute Gasteiger partial charge is 0.508 e. The first-order valence-corrected chi connectivity index (χ1v) is 11.3. The van der Waals surface area contributed by atoms with E-state index < -0.39 is 42.0 Å². The van der Waals surface area contributed by atoms with E-state index in [4.69, 9.17) is 9.47 Å². The number of hydrogen-bond donors (Lipinski definition) is 2. The fourth-order valence-corrected chi connectivity index (χ4v) is 4.36. The summed E-state index contributed by atoms with van der Waals surface area (Å²) in [6, 6.07) is 12.0. The number of ether oxygens (including phenoxy) is 2. The lowest BCUT2D eigenvalue weighted by atomic mass is 9.83. The van der Waals surface area contributed by atoms with Crippen LogP contribution in [0.1, 0.15) is 40.5 Å². The Kier molecular flexibility index (Phi) is 7.18. The summed E-state index contributed by atoms with van der Waals surface area (Å²) >= 11 is 0. The molecule has 4 rings (SSSR count). The maximum absolute atomic E-state index is 14.3. The Labute approximate surface area is 205 Å². The number of rotatable bonds is 7. The molecule has 0 aliphatic carbocycles. The average molecular weight is 496 g/mol. The maximum Gasteiger partial charge on any atom is 0.409 e. The first-order valence-electron chi connectivity index (χ1n) is 11.3. The normalized spacial score (nSPS) is 15.7. The van der Waals surface area contributed by atoms with E-state index in [1.54, 1.807) is 37.3 Å². The fourth-order valence-electron chi connectivity index (χ4n) is 4.36. The van der Waals surface area contributed by atoms with Gasteiger partial charge in [0.05, 0.1) is 12.2 Å². The van der Waals surface area contributed by atoms with Crippen LogP contribution in [0.3, 0.4) is 0 Å². The van der Waals surface area contributed by atoms with Gasteiger partial charge >= 0.3 is 6.09 Å². The Morgan fingerprint density at radius 2 is 1.94 bits per heavy atom. The number of carbonyl (C=O) groups excluding carboxylic acids is 2. The first-order chi connectivity index (χ1) is 17.3. The van der Waals surface area contributed by atoms with Crippen LogP contribution >= 0.6 is 0 Å². The lowest BCUT2D eigenvalue weighted by Gasteiger charge is -2.39. The van der Waals surface area contributed by atoms with E-state index >= 15 is 0 Å². The Hall–Kier alpha value is -4.41. The number of aromatic nitrogens is 2. The van der Waals surface area contributed by atoms with Crippen molar-refractivity contribution in [2.24, 2.45) is 0 Å². The highest BCUT2D eigenvalue weighted by Gasteiger charge is 2.39. The Morgan fingerprint density at radius 1 is 1.22 bits per heavy atom. The number of fused-ring (bicyclic) bond motifs is 1. The standard InChI is InChI=1S/C25H25FN4O6/c1-3-29-13-19(21(15-6-4-8-17(26)10-15)16-7-5-9-18(31)11-16)30-22(24(29)33)23(20(32)12-28-30)35-14-36-25(34)27-2/h4-12,19,21,31H,3,13-14H2,1-2H3,(H,27,34)/t19-,21?/m1/s1. The van der Waals surface area contributed by atoms with Crippen molar-refractivity contribution in [3.8, 4) is 11.5 Å². The van der Waals surface area contributed by atoms with Crippen molar-refractivity contribution in [2.75, 3.05) is 26.9 Å². The van der Waals surface area contributed by atoms with Gasteiger partial charge in [0, 0.05) is 26.1 Å². The number of halogens is 1. The highest BCUT2D eigenvalue weighted by Crippen LogP contribution is 2.40. The number of nitrogens with zero attached hydrogens (tertiary/aromatic N) is 3. The molecule has 0 spiro atoms. The van der Waals surface area contributed by atoms with E-state index in [0.717, 1.165) is 6.20 Å². The number of alkyl carbamates (subject to hydrolysis) is 1. The number of phenols is 1. The predicted molar refractivity (Wildman–Crippen MR) is 126 cm³/mol. The second-order valence-electron chi connectivity index (χ2n) is 8.11. The number of hydrogen-bond acceptors (Lipinski definition) is 7. The number of carbonyl (C=O) groups is 2. The van der Waals surface area contributed by atoms with Gasteiger partial charge in [-0.25, -0.2) is 9.18 Å². The summed E-state index contributed by atoms with van der Waals surface area (Å²) in [7, 11) is 1.37. The summed E-state index contributed by atoms with van der Waals surface area (Å²) in [5.74, 6) is -1.77. The topological polar surface area (TPSA) is 123 Å². The van der Waals surface area contributed by atoms with Crippen LogP contribution in [0.15, 0.2) is 59.5 Å². The smallest absolute Gasteiger partial charge is 0.409 e. The zero-order chi connectivity index (χ0) is 25.8. The number of amides is 2. The van der Waals surface area contributed by atoms with Crippen LogP contribution in [0.5, 0.6) is 11.5 Å². The van der Waals surface area contributed by atoms with E-state index in [1.807, 2.05) is 0 Å². The van der Waals surface area contributed by atoms with Crippen LogP contribution in [0, 0.1) is 5.82 Å². The minimum absolute atomic E-state index is 0.0246. The molecule has 2 amide bonds. The van der Waals surface area contributed by atoms with E-state index in [1.165, 1.54) is 34.8 Å². The predicted octanol–water partition coefficient (Wildman–Crippen LogP) is 2.63. The summed E-state index contributed by atoms with van der Waals surface area (Å²) in [5, 5.41) is 16.7. The molecule has 0 saturated carbocycles. The first kappa shape index (κ1) is 24.7. The molecule has 2 N–H and O–H groups in total. The number of aromatic hydroxyl groups is 1. The highest BCUT2D eigenvalue weighted by molar-refractivity contribution is 5.96. The maximum atomic E-state index is 14.3. The summed E-state index contributed by atoms with van der Waals surface area (Å²) in [6.07, 6.45) is 0.249. The van der Waals surface area contributed by atoms with Crippen molar-refractivity contribution in [3.63, 3.8) is 0 Å². The highest BCUT2D eigenvalue weighted by atomic mass is 19.1. The molecule has 0 bridgehead atoms. The molecule has 1 aliphatic rings. The van der Waals surface area contributed by atoms with Crippen LogP contribution in [0.2, 0.25) is 0 Å². The van der Waals surface area contributed by atoms with Gasteiger partial charge in [-0.2, -0.15) is 5.10 Å². The third kappa shape index (κ3) is 4.85. The minimum Gasteiger partial charge on any atom is -0.508 e. The van der Waals surface area contributed by atoms with E-state index in [2.05, 4.69) is 10.4 Å². The molecule has 1 aliphatic heterocycles. The Morgan fingerprint density at radius 3 is 2.61 bits per heavy atom. The molecule has 2 aromatic carbocycles. The molecule has 10 nitrogen and oxygen atoms in total. The molecule has 36 heavy (non-hydrogen) atoms. The molecule has 188 valence electrons. The van der Waals surface area contributed by atoms with Gasteiger partial charge in [-0.05, 0) is 42.3 Å². The second-order valence-corrected chi connectivity index (χ2v) is 8.11. The summed E-state index contributed by atoms with van der Waals surface area (Å²) in [4.78, 5) is 39.0. The van der Waals surface area contributed by atoms with Crippen molar-refractivity contribution < 1.29 is 28.6 Å². The quantitative estimate of drug-likeness (QED) is 0.482. The van der Waals surface area contributed by atoms with Gasteiger partial charge in [0.25, 0.3) is 5.91 Å². The van der Waals surface area contributed by atoms with Gasteiger partial charge in [0.15, 0.2) is 5.69 Å². The van der Waals surface area contributed by atoms with Crippen molar-refractivity contribution in [1.82, 2.24) is 20.0 Å². The van der Waals surface area contributed by atoms with Crippen LogP contribution in [-0.2, 0) is 4.74 Å². The van der Waals surface area contributed by atoms with E-state index in [0.29, 0.717) is 17.7 Å². The molecule has 3 aromatic rings. The summed E-state index contributed by atoms with van der Waals surface area (Å²) in [5.41, 5.74) is 0.481. The zero-order valence-electron chi connectivity index (χ0n) is 19.7. The summed E-state index contributed by atoms with van der Waals surface area (Å²) < 4.78 is 26.0. The lowest BCUT2D eigenvalue weighted by molar-refractivity contribution is 0.0521. The molecule has 0 radical (unpaired) electrons. The molecule has 11 heteroatoms. The second kappa shape index (κ2) is 10.5. The number of phenolic OH excluding ortho intramolecular Hbond substituents is 1. The molecule has 1 aromatic heterocycles. The van der Waals surface area contributed by atoms with Gasteiger partial charge in [0.2, 0.25) is 18.0 Å². The van der Waals surface area contributed by atoms with Crippen LogP contribution < -0.4 is 15.5 Å². The molecule has 2 heterocycles. The van der Waals surface area contributed by atoms with Crippen molar-refractivity contribution in [3.05, 3.63) is 87.6 Å². The average Bonchev–Trinajstić information content (AvgIpc) is 2.86. The van der Waals surface area contributed by atoms with Crippen molar-refractivity contribution in [1.29, 1.82) is 0 Å².